The van der Waals surface area contributed by atoms with Crippen LogP contribution >= 0.6 is 31.9 Å². The summed E-state index contributed by atoms with van der Waals surface area (Å²) < 4.78 is 27.7. The maximum absolute atomic E-state index is 13.2. The second-order valence-electron chi connectivity index (χ2n) is 6.36. The van der Waals surface area contributed by atoms with Gasteiger partial charge in [0.2, 0.25) is 10.0 Å². The van der Waals surface area contributed by atoms with Crippen molar-refractivity contribution in [3.8, 4) is 0 Å². The molecule has 11 heteroatoms. The molecule has 0 amide bonds. The van der Waals surface area contributed by atoms with E-state index in [1.54, 1.807) is 6.92 Å². The highest BCUT2D eigenvalue weighted by atomic mass is 79.9. The van der Waals surface area contributed by atoms with Gasteiger partial charge in [-0.1, -0.05) is 31.9 Å². The van der Waals surface area contributed by atoms with Gasteiger partial charge < -0.3 is 9.80 Å². The molecule has 0 spiro atoms. The third-order valence-corrected chi connectivity index (χ3v) is 6.62. The lowest BCUT2D eigenvalue weighted by atomic mass is 10.1. The minimum atomic E-state index is -3.90. The van der Waals surface area contributed by atoms with Crippen LogP contribution < -0.4 is 4.90 Å². The summed E-state index contributed by atoms with van der Waals surface area (Å²) in [6.07, 6.45) is 0. The number of non-ortho nitro benzene ring substituents is 1. The fourth-order valence-corrected chi connectivity index (χ4v) is 4.92. The molecule has 0 aliphatic heterocycles. The molecule has 0 fully saturated rings. The number of rotatable bonds is 11. The zero-order valence-electron chi connectivity index (χ0n) is 16.0. The van der Waals surface area contributed by atoms with Crippen LogP contribution in [0.5, 0.6) is 0 Å². The van der Waals surface area contributed by atoms with Gasteiger partial charge in [0.05, 0.1) is 10.6 Å². The van der Waals surface area contributed by atoms with Gasteiger partial charge in [0, 0.05) is 56.0 Å². The maximum Gasteiger partial charge on any atom is 0.271 e. The Morgan fingerprint density at radius 2 is 1.59 bits per heavy atom. The van der Waals surface area contributed by atoms with E-state index in [9.17, 15) is 18.5 Å². The molecule has 27 heavy (non-hydrogen) atoms. The molecule has 0 aliphatic rings. The van der Waals surface area contributed by atoms with E-state index in [2.05, 4.69) is 31.9 Å². The Balaban J connectivity index is 3.58. The van der Waals surface area contributed by atoms with Crippen molar-refractivity contribution >= 4 is 53.3 Å². The second kappa shape index (κ2) is 10.7. The van der Waals surface area contributed by atoms with Gasteiger partial charge in [-0.2, -0.15) is 4.31 Å². The second-order valence-corrected chi connectivity index (χ2v) is 9.96. The Morgan fingerprint density at radius 1 is 1.04 bits per heavy atom. The van der Waals surface area contributed by atoms with Crippen LogP contribution in [0.25, 0.3) is 0 Å². The molecule has 0 radical (unpaired) electrons. The van der Waals surface area contributed by atoms with Gasteiger partial charge >= 0.3 is 0 Å². The molecule has 0 saturated carbocycles. The number of hydrogen-bond donors (Lipinski definition) is 0. The first-order valence-corrected chi connectivity index (χ1v) is 12.0. The molecule has 0 aromatic heterocycles. The predicted octanol–water partition coefficient (Wildman–Crippen LogP) is 2.68. The van der Waals surface area contributed by atoms with Crippen molar-refractivity contribution in [2.24, 2.45) is 0 Å². The maximum atomic E-state index is 13.2. The van der Waals surface area contributed by atoms with Crippen LogP contribution in [0.1, 0.15) is 5.56 Å². The summed E-state index contributed by atoms with van der Waals surface area (Å²) >= 11 is 6.79. The molecule has 1 aromatic carbocycles. The molecule has 154 valence electrons. The molecule has 0 unspecified atom stereocenters. The van der Waals surface area contributed by atoms with Crippen molar-refractivity contribution in [1.82, 2.24) is 9.21 Å². The van der Waals surface area contributed by atoms with Gasteiger partial charge in [0.15, 0.2) is 0 Å². The van der Waals surface area contributed by atoms with Crippen LogP contribution in [0.15, 0.2) is 17.0 Å². The number of hydrogen-bond acceptors (Lipinski definition) is 6. The van der Waals surface area contributed by atoms with Gasteiger partial charge in [0.1, 0.15) is 4.90 Å². The number of likely N-dealkylation sites (N-methyl/N-ethyl adjacent to an activating group) is 2. The molecule has 0 saturated heterocycles. The Labute approximate surface area is 178 Å². The summed E-state index contributed by atoms with van der Waals surface area (Å²) in [5.74, 6) is 0. The van der Waals surface area contributed by atoms with Crippen molar-refractivity contribution in [3.05, 3.63) is 27.8 Å². The number of nitrogens with zero attached hydrogens (tertiary/aromatic N) is 4. The average Bonchev–Trinajstić information content (AvgIpc) is 2.58. The summed E-state index contributed by atoms with van der Waals surface area (Å²) in [6, 6.07) is 2.59. The number of sulfonamides is 1. The highest BCUT2D eigenvalue weighted by Gasteiger charge is 2.30. The summed E-state index contributed by atoms with van der Waals surface area (Å²) in [5.41, 5.74) is 0.843. The molecule has 1 aromatic rings. The molecule has 8 nitrogen and oxygen atoms in total. The van der Waals surface area contributed by atoms with E-state index in [4.69, 9.17) is 0 Å². The van der Waals surface area contributed by atoms with E-state index in [0.29, 0.717) is 41.5 Å². The number of nitro benzene ring substituents is 1. The Kier molecular flexibility index (Phi) is 9.63. The molecule has 0 heterocycles. The third kappa shape index (κ3) is 6.38. The lowest BCUT2D eigenvalue weighted by molar-refractivity contribution is -0.385. The highest BCUT2D eigenvalue weighted by molar-refractivity contribution is 9.09. The fraction of sp³-hybridized carbons (Fsp3) is 0.625. The van der Waals surface area contributed by atoms with Crippen molar-refractivity contribution in [2.45, 2.75) is 11.8 Å². The van der Waals surface area contributed by atoms with Crippen LogP contribution in [0.2, 0.25) is 0 Å². The number of nitro groups is 1. The lowest BCUT2D eigenvalue weighted by Gasteiger charge is -2.29. The zero-order valence-corrected chi connectivity index (χ0v) is 20.0. The number of aryl methyl sites for hydroxylation is 1. The Hall–Kier alpha value is -0.750. The summed E-state index contributed by atoms with van der Waals surface area (Å²) in [4.78, 5) is 14.5. The van der Waals surface area contributed by atoms with Crippen molar-refractivity contribution in [1.29, 1.82) is 0 Å². The molecule has 1 rings (SSSR count). The van der Waals surface area contributed by atoms with Gasteiger partial charge in [-0.3, -0.25) is 10.1 Å². The lowest BCUT2D eigenvalue weighted by Crippen LogP contribution is -2.36. The number of halogens is 2. The summed E-state index contributed by atoms with van der Waals surface area (Å²) in [5, 5.41) is 12.6. The smallest absolute Gasteiger partial charge is 0.271 e. The minimum absolute atomic E-state index is 0.0302. The first kappa shape index (κ1) is 24.3. The van der Waals surface area contributed by atoms with E-state index < -0.39 is 14.9 Å². The van der Waals surface area contributed by atoms with Gasteiger partial charge in [-0.25, -0.2) is 8.42 Å². The van der Waals surface area contributed by atoms with Crippen LogP contribution in [0, 0.1) is 17.0 Å². The van der Waals surface area contributed by atoms with Crippen LogP contribution in [0.3, 0.4) is 0 Å². The van der Waals surface area contributed by atoms with E-state index in [1.165, 1.54) is 23.5 Å². The topological polar surface area (TPSA) is 87.0 Å². The minimum Gasteiger partial charge on any atom is -0.369 e. The normalized spacial score (nSPS) is 12.0. The van der Waals surface area contributed by atoms with E-state index in [0.717, 1.165) is 0 Å². The van der Waals surface area contributed by atoms with Crippen LogP contribution in [-0.2, 0) is 10.0 Å². The molecule has 0 N–H and O–H groups in total. The molecule has 0 atom stereocenters. The fourth-order valence-electron chi connectivity index (χ4n) is 2.60. The van der Waals surface area contributed by atoms with Crippen LogP contribution in [-0.4, -0.2) is 80.5 Å². The van der Waals surface area contributed by atoms with Gasteiger partial charge in [0.25, 0.3) is 5.69 Å². The average molecular weight is 530 g/mol. The zero-order chi connectivity index (χ0) is 20.8. The quantitative estimate of drug-likeness (QED) is 0.249. The van der Waals surface area contributed by atoms with Crippen LogP contribution in [0.4, 0.5) is 11.4 Å². The first-order chi connectivity index (χ1) is 12.6. The first-order valence-electron chi connectivity index (χ1n) is 8.33. The highest BCUT2D eigenvalue weighted by Crippen LogP contribution is 2.35. The SMILES string of the molecule is Cc1cc([N+](=O)[O-])cc(S(=O)(=O)N(C)CCN(C)C)c1N(CCBr)CCBr. The summed E-state index contributed by atoms with van der Waals surface area (Å²) in [7, 11) is 1.32. The van der Waals surface area contributed by atoms with Gasteiger partial charge in [-0.15, -0.1) is 0 Å². The largest absolute Gasteiger partial charge is 0.369 e. The summed E-state index contributed by atoms with van der Waals surface area (Å²) in [6.45, 7) is 3.69. The molecular weight excluding hydrogens is 504 g/mol. The monoisotopic (exact) mass is 528 g/mol. The number of anilines is 1. The Bertz CT molecular complexity index is 753. The molecular formula is C16H26Br2N4O4S. The van der Waals surface area contributed by atoms with Crippen molar-refractivity contribution in [3.63, 3.8) is 0 Å². The Morgan fingerprint density at radius 3 is 2.04 bits per heavy atom. The standard InChI is InChI=1S/C16H26Br2N4O4S/c1-13-11-14(22(23)24)12-15(16(13)21(7-5-17)8-6-18)27(25,26)20(4)10-9-19(2)3/h11-12H,5-10H2,1-4H3. The third-order valence-electron chi connectivity index (χ3n) is 4.04. The molecule has 0 aliphatic carbocycles. The number of alkyl halides is 2. The van der Waals surface area contributed by atoms with Crippen molar-refractivity contribution in [2.75, 3.05) is 62.9 Å². The van der Waals surface area contributed by atoms with E-state index >= 15 is 0 Å². The van der Waals surface area contributed by atoms with E-state index in [1.807, 2.05) is 23.9 Å². The predicted molar refractivity (Wildman–Crippen MR) is 116 cm³/mol. The van der Waals surface area contributed by atoms with Crippen molar-refractivity contribution < 1.29 is 13.3 Å². The van der Waals surface area contributed by atoms with Gasteiger partial charge in [-0.05, 0) is 26.6 Å². The number of benzene rings is 1. The van der Waals surface area contributed by atoms with E-state index in [-0.39, 0.29) is 17.1 Å². The molecule has 0 bridgehead atoms.